The summed E-state index contributed by atoms with van der Waals surface area (Å²) in [6.45, 7) is 1.68. The second-order valence-electron chi connectivity index (χ2n) is 6.22. The second-order valence-corrected chi connectivity index (χ2v) is 9.25. The normalized spacial score (nSPS) is 14.5. The molecule has 2 N–H and O–H groups in total. The first-order valence-electron chi connectivity index (χ1n) is 8.36. The highest BCUT2D eigenvalue weighted by molar-refractivity contribution is 7.89. The number of nitrogens with zero attached hydrogens (tertiary/aromatic N) is 3. The zero-order valence-corrected chi connectivity index (χ0v) is 16.2. The zero-order chi connectivity index (χ0) is 18.7. The number of thiazole rings is 1. The zero-order valence-electron chi connectivity index (χ0n) is 14.6. The Labute approximate surface area is 157 Å². The number of amides is 1. The molecule has 1 aromatic heterocycles. The summed E-state index contributed by atoms with van der Waals surface area (Å²) in [6, 6.07) is 5.15. The van der Waals surface area contributed by atoms with Crippen molar-refractivity contribution in [2.75, 3.05) is 20.1 Å². The van der Waals surface area contributed by atoms with Crippen LogP contribution < -0.4 is 5.73 Å². The van der Waals surface area contributed by atoms with Gasteiger partial charge in [0, 0.05) is 44.7 Å². The Bertz CT molecular complexity index is 881. The maximum atomic E-state index is 12.8. The lowest BCUT2D eigenvalue weighted by molar-refractivity contribution is -0.131. The molecule has 0 radical (unpaired) electrons. The van der Waals surface area contributed by atoms with Gasteiger partial charge in [0.25, 0.3) is 0 Å². The maximum Gasteiger partial charge on any atom is 0.243 e. The van der Waals surface area contributed by atoms with Gasteiger partial charge in [-0.05, 0) is 29.7 Å². The van der Waals surface area contributed by atoms with Crippen molar-refractivity contribution in [3.05, 3.63) is 45.9 Å². The van der Waals surface area contributed by atoms with Crippen LogP contribution in [-0.4, -0.2) is 48.7 Å². The van der Waals surface area contributed by atoms with Crippen LogP contribution in [0.15, 0.2) is 34.7 Å². The highest BCUT2D eigenvalue weighted by atomic mass is 32.2. The van der Waals surface area contributed by atoms with Crippen LogP contribution in [0.2, 0.25) is 0 Å². The Morgan fingerprint density at radius 1 is 1.38 bits per heavy atom. The van der Waals surface area contributed by atoms with E-state index in [0.29, 0.717) is 32.5 Å². The van der Waals surface area contributed by atoms with Crippen molar-refractivity contribution < 1.29 is 13.2 Å². The monoisotopic (exact) mass is 394 g/mol. The number of sulfonamides is 1. The molecule has 3 rings (SSSR count). The maximum absolute atomic E-state index is 12.8. The average Bonchev–Trinajstić information content (AvgIpc) is 3.14. The molecule has 26 heavy (non-hydrogen) atoms. The molecule has 9 heteroatoms. The predicted molar refractivity (Wildman–Crippen MR) is 100 cm³/mol. The summed E-state index contributed by atoms with van der Waals surface area (Å²) < 4.78 is 27.0. The molecule has 1 aliphatic heterocycles. The number of aromatic nitrogens is 1. The topological polar surface area (TPSA) is 96.6 Å². The van der Waals surface area contributed by atoms with Crippen molar-refractivity contribution in [1.82, 2.24) is 14.2 Å². The van der Waals surface area contributed by atoms with E-state index in [1.54, 1.807) is 36.3 Å². The van der Waals surface area contributed by atoms with Gasteiger partial charge in [0.05, 0.1) is 11.4 Å². The summed E-state index contributed by atoms with van der Waals surface area (Å²) in [5, 5.41) is 2.58. The molecule has 0 spiro atoms. The van der Waals surface area contributed by atoms with Gasteiger partial charge in [-0.15, -0.1) is 11.3 Å². The Morgan fingerprint density at radius 2 is 2.19 bits per heavy atom. The van der Waals surface area contributed by atoms with Gasteiger partial charge in [-0.1, -0.05) is 6.07 Å². The SMILES string of the molecule is CN(Cc1nccs1)S(=O)(=O)c1ccc2c(c1)CCN(C(=O)CCN)C2. The number of hydrogen-bond acceptors (Lipinski definition) is 6. The molecule has 0 saturated heterocycles. The molecule has 2 aromatic rings. The van der Waals surface area contributed by atoms with Crippen molar-refractivity contribution in [3.63, 3.8) is 0 Å². The minimum absolute atomic E-state index is 0.0398. The Hall–Kier alpha value is -1.81. The smallest absolute Gasteiger partial charge is 0.243 e. The fraction of sp³-hybridized carbons (Fsp3) is 0.412. The molecule has 1 amide bonds. The molecule has 0 saturated carbocycles. The van der Waals surface area contributed by atoms with Crippen molar-refractivity contribution in [3.8, 4) is 0 Å². The molecular weight excluding hydrogens is 372 g/mol. The molecule has 0 bridgehead atoms. The van der Waals surface area contributed by atoms with Crippen LogP contribution in [0.25, 0.3) is 0 Å². The van der Waals surface area contributed by atoms with Gasteiger partial charge >= 0.3 is 0 Å². The van der Waals surface area contributed by atoms with Gasteiger partial charge in [-0.2, -0.15) is 4.31 Å². The van der Waals surface area contributed by atoms with E-state index < -0.39 is 10.0 Å². The Balaban J connectivity index is 1.77. The number of rotatable bonds is 6. The van der Waals surface area contributed by atoms with E-state index in [1.807, 2.05) is 5.38 Å². The van der Waals surface area contributed by atoms with Gasteiger partial charge in [0.1, 0.15) is 5.01 Å². The lowest BCUT2D eigenvalue weighted by atomic mass is 9.99. The number of benzene rings is 1. The van der Waals surface area contributed by atoms with Crippen molar-refractivity contribution >= 4 is 27.3 Å². The number of carbonyl (C=O) groups excluding carboxylic acids is 1. The van der Waals surface area contributed by atoms with Crippen LogP contribution in [0.5, 0.6) is 0 Å². The second kappa shape index (κ2) is 7.83. The minimum atomic E-state index is -3.58. The lowest BCUT2D eigenvalue weighted by Crippen LogP contribution is -2.37. The molecule has 0 atom stereocenters. The summed E-state index contributed by atoms with van der Waals surface area (Å²) in [6.07, 6.45) is 2.64. The average molecular weight is 395 g/mol. The highest BCUT2D eigenvalue weighted by Crippen LogP contribution is 2.25. The van der Waals surface area contributed by atoms with Gasteiger partial charge in [-0.25, -0.2) is 13.4 Å². The quantitative estimate of drug-likeness (QED) is 0.794. The van der Waals surface area contributed by atoms with Gasteiger partial charge < -0.3 is 10.6 Å². The number of carbonyl (C=O) groups is 1. The van der Waals surface area contributed by atoms with Crippen molar-refractivity contribution in [2.45, 2.75) is 30.8 Å². The molecule has 1 aromatic carbocycles. The number of nitrogens with two attached hydrogens (primary N) is 1. The third kappa shape index (κ3) is 3.96. The summed E-state index contributed by atoms with van der Waals surface area (Å²) in [5.74, 6) is 0.0398. The van der Waals surface area contributed by atoms with Crippen LogP contribution >= 0.6 is 11.3 Å². The molecule has 0 fully saturated rings. The van der Waals surface area contributed by atoms with Gasteiger partial charge in [-0.3, -0.25) is 4.79 Å². The Kier molecular flexibility index (Phi) is 5.71. The van der Waals surface area contributed by atoms with Crippen molar-refractivity contribution in [1.29, 1.82) is 0 Å². The van der Waals surface area contributed by atoms with E-state index >= 15 is 0 Å². The predicted octanol–water partition coefficient (Wildman–Crippen LogP) is 1.20. The van der Waals surface area contributed by atoms with Crippen LogP contribution in [0.3, 0.4) is 0 Å². The first-order valence-corrected chi connectivity index (χ1v) is 10.7. The van der Waals surface area contributed by atoms with Gasteiger partial charge in [0.2, 0.25) is 15.9 Å². The molecular formula is C17H22N4O3S2. The van der Waals surface area contributed by atoms with E-state index in [0.717, 1.165) is 16.1 Å². The molecule has 140 valence electrons. The van der Waals surface area contributed by atoms with Crippen LogP contribution in [-0.2, 0) is 34.3 Å². The molecule has 0 unspecified atom stereocenters. The first-order chi connectivity index (χ1) is 12.4. The van der Waals surface area contributed by atoms with Crippen LogP contribution in [0, 0.1) is 0 Å². The van der Waals surface area contributed by atoms with Gasteiger partial charge in [0.15, 0.2) is 0 Å². The first kappa shape index (κ1) is 19.0. The molecule has 7 nitrogen and oxygen atoms in total. The van der Waals surface area contributed by atoms with E-state index in [9.17, 15) is 13.2 Å². The van der Waals surface area contributed by atoms with Crippen LogP contribution in [0.1, 0.15) is 22.6 Å². The summed E-state index contributed by atoms with van der Waals surface area (Å²) in [5.41, 5.74) is 7.42. The van der Waals surface area contributed by atoms with E-state index in [2.05, 4.69) is 4.98 Å². The highest BCUT2D eigenvalue weighted by Gasteiger charge is 2.25. The minimum Gasteiger partial charge on any atom is -0.338 e. The molecule has 0 aliphatic carbocycles. The van der Waals surface area contributed by atoms with Crippen LogP contribution in [0.4, 0.5) is 0 Å². The standard InChI is InChI=1S/C17H22N4O3S2/c1-20(12-16-19-7-9-25-16)26(23,24)15-3-2-14-11-21(17(22)4-6-18)8-5-13(14)10-15/h2-3,7,9-10H,4-6,8,11-12,18H2,1H3. The largest absolute Gasteiger partial charge is 0.338 e. The third-order valence-electron chi connectivity index (χ3n) is 4.45. The number of hydrogen-bond donors (Lipinski definition) is 1. The van der Waals surface area contributed by atoms with E-state index in [4.69, 9.17) is 5.73 Å². The number of fused-ring (bicyclic) bond motifs is 1. The molecule has 1 aliphatic rings. The summed E-state index contributed by atoms with van der Waals surface area (Å²) >= 11 is 1.43. The van der Waals surface area contributed by atoms with Crippen molar-refractivity contribution in [2.24, 2.45) is 5.73 Å². The molecule has 2 heterocycles. The van der Waals surface area contributed by atoms with E-state index in [1.165, 1.54) is 15.6 Å². The fourth-order valence-electron chi connectivity index (χ4n) is 2.97. The third-order valence-corrected chi connectivity index (χ3v) is 7.01. The lowest BCUT2D eigenvalue weighted by Gasteiger charge is -2.29. The summed E-state index contributed by atoms with van der Waals surface area (Å²) in [7, 11) is -2.03. The Morgan fingerprint density at radius 3 is 2.88 bits per heavy atom. The fourth-order valence-corrected chi connectivity index (χ4v) is 4.90. The van der Waals surface area contributed by atoms with E-state index in [-0.39, 0.29) is 17.3 Å². The summed E-state index contributed by atoms with van der Waals surface area (Å²) in [4.78, 5) is 18.2.